The van der Waals surface area contributed by atoms with Crippen LogP contribution in [0.2, 0.25) is 0 Å². The van der Waals surface area contributed by atoms with Crippen molar-refractivity contribution >= 4 is 12.0 Å². The molecule has 15 heavy (non-hydrogen) atoms. The third-order valence-corrected chi connectivity index (χ3v) is 2.10. The van der Waals surface area contributed by atoms with Crippen molar-refractivity contribution in [1.29, 1.82) is 0 Å². The molecule has 0 radical (unpaired) electrons. The zero-order chi connectivity index (χ0) is 10.5. The largest absolute Gasteiger partial charge is 0.271 e. The lowest BCUT2D eigenvalue weighted by molar-refractivity contribution is -0.162. The van der Waals surface area contributed by atoms with Crippen molar-refractivity contribution < 1.29 is 9.63 Å². The molecule has 1 aromatic heterocycles. The summed E-state index contributed by atoms with van der Waals surface area (Å²) in [5, 5.41) is 1.38. The Kier molecular flexibility index (Phi) is 3.09. The van der Waals surface area contributed by atoms with Gasteiger partial charge in [0, 0.05) is 18.5 Å². The minimum atomic E-state index is -0.114. The zero-order valence-electron chi connectivity index (χ0n) is 8.30. The van der Waals surface area contributed by atoms with Gasteiger partial charge in [0.15, 0.2) is 0 Å². The van der Waals surface area contributed by atoms with E-state index in [1.54, 1.807) is 18.5 Å². The summed E-state index contributed by atoms with van der Waals surface area (Å²) in [5.41, 5.74) is 0.907. The molecular weight excluding hydrogens is 192 g/mol. The summed E-state index contributed by atoms with van der Waals surface area (Å²) in [6.45, 7) is 1.31. The van der Waals surface area contributed by atoms with Crippen LogP contribution in [-0.4, -0.2) is 29.1 Å². The number of carbonyl (C=O) groups excluding carboxylic acids is 1. The van der Waals surface area contributed by atoms with E-state index in [2.05, 4.69) is 4.98 Å². The molecule has 2 heterocycles. The number of hydrogen-bond donors (Lipinski definition) is 0. The van der Waals surface area contributed by atoms with Crippen LogP contribution < -0.4 is 0 Å². The first kappa shape index (κ1) is 9.86. The predicted molar refractivity (Wildman–Crippen MR) is 55.6 cm³/mol. The Balaban J connectivity index is 1.96. The van der Waals surface area contributed by atoms with Gasteiger partial charge in [-0.1, -0.05) is 6.07 Å². The predicted octanol–water partition coefficient (Wildman–Crippen LogP) is 1.26. The SMILES string of the molecule is O=C(/C=C/c1cccnc1)N1CCCO1. The molecule has 1 amide bonds. The van der Waals surface area contributed by atoms with Crippen LogP contribution in [0.4, 0.5) is 0 Å². The number of amides is 1. The molecule has 0 atom stereocenters. The average molecular weight is 204 g/mol. The molecule has 78 valence electrons. The van der Waals surface area contributed by atoms with Crippen LogP contribution in [0.15, 0.2) is 30.6 Å². The van der Waals surface area contributed by atoms with Gasteiger partial charge in [0.25, 0.3) is 5.91 Å². The minimum Gasteiger partial charge on any atom is -0.271 e. The molecule has 0 aliphatic carbocycles. The number of hydrogen-bond acceptors (Lipinski definition) is 3. The fraction of sp³-hybridized carbons (Fsp3) is 0.273. The molecular formula is C11H12N2O2. The van der Waals surface area contributed by atoms with Gasteiger partial charge < -0.3 is 0 Å². The Hall–Kier alpha value is -1.68. The molecule has 0 saturated carbocycles. The van der Waals surface area contributed by atoms with Crippen molar-refractivity contribution in [1.82, 2.24) is 10.0 Å². The molecule has 1 aliphatic heterocycles. The van der Waals surface area contributed by atoms with Crippen LogP contribution in [-0.2, 0) is 9.63 Å². The average Bonchev–Trinajstić information content (AvgIpc) is 2.81. The minimum absolute atomic E-state index is 0.114. The summed E-state index contributed by atoms with van der Waals surface area (Å²) in [7, 11) is 0. The molecule has 4 nitrogen and oxygen atoms in total. The molecule has 1 saturated heterocycles. The molecule has 2 rings (SSSR count). The van der Waals surface area contributed by atoms with Crippen LogP contribution >= 0.6 is 0 Å². The first-order chi connectivity index (χ1) is 7.36. The van der Waals surface area contributed by atoms with Gasteiger partial charge in [-0.25, -0.2) is 5.06 Å². The topological polar surface area (TPSA) is 42.4 Å². The highest BCUT2D eigenvalue weighted by atomic mass is 16.7. The van der Waals surface area contributed by atoms with Crippen LogP contribution in [0.25, 0.3) is 6.08 Å². The monoisotopic (exact) mass is 204 g/mol. The fourth-order valence-corrected chi connectivity index (χ4v) is 1.35. The van der Waals surface area contributed by atoms with Crippen LogP contribution in [0.3, 0.4) is 0 Å². The Labute approximate surface area is 88.1 Å². The summed E-state index contributed by atoms with van der Waals surface area (Å²) < 4.78 is 0. The highest BCUT2D eigenvalue weighted by Crippen LogP contribution is 2.06. The normalized spacial score (nSPS) is 16.1. The summed E-state index contributed by atoms with van der Waals surface area (Å²) >= 11 is 0. The molecule has 1 aromatic rings. The Bertz CT molecular complexity index is 356. The highest BCUT2D eigenvalue weighted by molar-refractivity contribution is 5.91. The maximum Gasteiger partial charge on any atom is 0.270 e. The Morgan fingerprint density at radius 2 is 2.53 bits per heavy atom. The lowest BCUT2D eigenvalue weighted by atomic mass is 10.2. The zero-order valence-corrected chi connectivity index (χ0v) is 8.30. The number of pyridine rings is 1. The van der Waals surface area contributed by atoms with Crippen molar-refractivity contribution in [3.05, 3.63) is 36.2 Å². The molecule has 0 unspecified atom stereocenters. The number of nitrogens with zero attached hydrogens (tertiary/aromatic N) is 2. The number of aromatic nitrogens is 1. The lowest BCUT2D eigenvalue weighted by Gasteiger charge is -2.10. The second-order valence-electron chi connectivity index (χ2n) is 3.25. The standard InChI is InChI=1S/C11H12N2O2/c14-11(13-7-2-8-15-13)5-4-10-3-1-6-12-9-10/h1,3-6,9H,2,7-8H2/b5-4+. The molecule has 4 heteroatoms. The fourth-order valence-electron chi connectivity index (χ4n) is 1.35. The number of rotatable bonds is 2. The number of hydroxylamine groups is 2. The molecule has 0 bridgehead atoms. The number of carbonyl (C=O) groups is 1. The van der Waals surface area contributed by atoms with Crippen molar-refractivity contribution in [3.8, 4) is 0 Å². The van der Waals surface area contributed by atoms with E-state index in [4.69, 9.17) is 4.84 Å². The summed E-state index contributed by atoms with van der Waals surface area (Å²) in [6, 6.07) is 3.72. The van der Waals surface area contributed by atoms with Crippen LogP contribution in [0, 0.1) is 0 Å². The van der Waals surface area contributed by atoms with Gasteiger partial charge in [-0.15, -0.1) is 0 Å². The van der Waals surface area contributed by atoms with Gasteiger partial charge in [-0.05, 0) is 24.1 Å². The van der Waals surface area contributed by atoms with E-state index in [0.29, 0.717) is 13.2 Å². The van der Waals surface area contributed by atoms with Gasteiger partial charge in [-0.2, -0.15) is 0 Å². The molecule has 0 aromatic carbocycles. The van der Waals surface area contributed by atoms with Gasteiger partial charge in [-0.3, -0.25) is 14.6 Å². The highest BCUT2D eigenvalue weighted by Gasteiger charge is 2.16. The van der Waals surface area contributed by atoms with E-state index >= 15 is 0 Å². The second kappa shape index (κ2) is 4.70. The van der Waals surface area contributed by atoms with Gasteiger partial charge in [0.1, 0.15) is 0 Å². The quantitative estimate of drug-likeness (QED) is 0.681. The van der Waals surface area contributed by atoms with E-state index in [-0.39, 0.29) is 5.91 Å². The van der Waals surface area contributed by atoms with Gasteiger partial charge in [0.05, 0.1) is 13.2 Å². The summed E-state index contributed by atoms with van der Waals surface area (Å²) in [6.07, 6.45) is 7.54. The first-order valence-corrected chi connectivity index (χ1v) is 4.89. The van der Waals surface area contributed by atoms with E-state index < -0.39 is 0 Å². The lowest BCUT2D eigenvalue weighted by Crippen LogP contribution is -2.24. The Morgan fingerprint density at radius 1 is 1.60 bits per heavy atom. The molecule has 1 fully saturated rings. The van der Waals surface area contributed by atoms with E-state index in [1.165, 1.54) is 11.1 Å². The van der Waals surface area contributed by atoms with Gasteiger partial charge in [0.2, 0.25) is 0 Å². The van der Waals surface area contributed by atoms with Crippen LogP contribution in [0.5, 0.6) is 0 Å². The Morgan fingerprint density at radius 3 is 3.20 bits per heavy atom. The van der Waals surface area contributed by atoms with Crippen molar-refractivity contribution in [3.63, 3.8) is 0 Å². The van der Waals surface area contributed by atoms with E-state index in [9.17, 15) is 4.79 Å². The van der Waals surface area contributed by atoms with E-state index in [0.717, 1.165) is 12.0 Å². The summed E-state index contributed by atoms with van der Waals surface area (Å²) in [5.74, 6) is -0.114. The van der Waals surface area contributed by atoms with Crippen LogP contribution in [0.1, 0.15) is 12.0 Å². The summed E-state index contributed by atoms with van der Waals surface area (Å²) in [4.78, 5) is 20.6. The second-order valence-corrected chi connectivity index (χ2v) is 3.25. The molecule has 0 spiro atoms. The van der Waals surface area contributed by atoms with E-state index in [1.807, 2.05) is 12.1 Å². The molecule has 1 aliphatic rings. The third kappa shape index (κ3) is 2.63. The maximum absolute atomic E-state index is 11.5. The van der Waals surface area contributed by atoms with Crippen molar-refractivity contribution in [2.45, 2.75) is 6.42 Å². The van der Waals surface area contributed by atoms with Crippen molar-refractivity contribution in [2.75, 3.05) is 13.2 Å². The van der Waals surface area contributed by atoms with Gasteiger partial charge >= 0.3 is 0 Å². The maximum atomic E-state index is 11.5. The third-order valence-electron chi connectivity index (χ3n) is 2.10. The first-order valence-electron chi connectivity index (χ1n) is 4.89. The van der Waals surface area contributed by atoms with Crippen molar-refractivity contribution in [2.24, 2.45) is 0 Å². The smallest absolute Gasteiger partial charge is 0.270 e. The molecule has 0 N–H and O–H groups in total.